The third-order valence-electron chi connectivity index (χ3n) is 4.55. The predicted octanol–water partition coefficient (Wildman–Crippen LogP) is 2.87. The molecule has 0 bridgehead atoms. The summed E-state index contributed by atoms with van der Waals surface area (Å²) in [5.41, 5.74) is 1.30. The maximum Gasteiger partial charge on any atom is 0.287 e. The van der Waals surface area contributed by atoms with Crippen LogP contribution in [0.4, 0.5) is 0 Å². The van der Waals surface area contributed by atoms with E-state index in [1.807, 2.05) is 12.1 Å². The summed E-state index contributed by atoms with van der Waals surface area (Å²) >= 11 is 0. The average molecular weight is 372 g/mol. The largest absolute Gasteiger partial charge is 0.486 e. The smallest absolute Gasteiger partial charge is 0.287 e. The van der Waals surface area contributed by atoms with Gasteiger partial charge in [0.05, 0.1) is 13.2 Å². The van der Waals surface area contributed by atoms with Gasteiger partial charge in [-0.25, -0.2) is 0 Å². The van der Waals surface area contributed by atoms with E-state index in [0.717, 1.165) is 51.4 Å². The molecule has 0 atom stereocenters. The second-order valence-electron chi connectivity index (χ2n) is 6.66. The van der Waals surface area contributed by atoms with Gasteiger partial charge in [-0.05, 0) is 36.2 Å². The molecule has 0 aliphatic carbocycles. The van der Waals surface area contributed by atoms with Gasteiger partial charge in [0, 0.05) is 26.2 Å². The zero-order valence-electron chi connectivity index (χ0n) is 15.9. The number of aryl methyl sites for hydroxylation is 1. The first-order valence-electron chi connectivity index (χ1n) is 9.63. The van der Waals surface area contributed by atoms with E-state index in [0.29, 0.717) is 24.7 Å². The quantitative estimate of drug-likeness (QED) is 0.733. The van der Waals surface area contributed by atoms with E-state index in [9.17, 15) is 4.79 Å². The van der Waals surface area contributed by atoms with Gasteiger partial charge in [0.15, 0.2) is 5.76 Å². The Hall–Kier alpha value is -2.31. The van der Waals surface area contributed by atoms with Crippen molar-refractivity contribution in [2.45, 2.75) is 26.4 Å². The molecule has 1 aromatic carbocycles. The molecule has 1 fully saturated rings. The fourth-order valence-corrected chi connectivity index (χ4v) is 3.01. The molecule has 0 saturated carbocycles. The fourth-order valence-electron chi connectivity index (χ4n) is 3.01. The molecule has 6 heteroatoms. The van der Waals surface area contributed by atoms with Crippen LogP contribution in [0.3, 0.4) is 0 Å². The van der Waals surface area contributed by atoms with Gasteiger partial charge in [-0.15, -0.1) is 0 Å². The molecule has 3 rings (SSSR count). The molecule has 1 amide bonds. The standard InChI is InChI=1S/C21H28N2O4/c1-2-3-17-4-6-18(7-5-17)26-16-19-8-9-20(27-19)21(24)22-10-11-23-12-14-25-15-13-23/h4-9H,2-3,10-16H2,1H3,(H,22,24). The molecule has 0 spiro atoms. The van der Waals surface area contributed by atoms with Crippen LogP contribution in [0, 0.1) is 0 Å². The summed E-state index contributed by atoms with van der Waals surface area (Å²) in [6, 6.07) is 11.6. The highest BCUT2D eigenvalue weighted by Gasteiger charge is 2.13. The third-order valence-corrected chi connectivity index (χ3v) is 4.55. The predicted molar refractivity (Wildman–Crippen MR) is 103 cm³/mol. The third kappa shape index (κ3) is 6.12. The van der Waals surface area contributed by atoms with Gasteiger partial charge in [-0.2, -0.15) is 0 Å². The number of hydrogen-bond acceptors (Lipinski definition) is 5. The number of rotatable bonds is 9. The number of hydrogen-bond donors (Lipinski definition) is 1. The molecule has 1 N–H and O–H groups in total. The maximum absolute atomic E-state index is 12.2. The first-order chi connectivity index (χ1) is 13.2. The topological polar surface area (TPSA) is 63.9 Å². The molecule has 1 aliphatic rings. The Morgan fingerprint density at radius 3 is 2.67 bits per heavy atom. The summed E-state index contributed by atoms with van der Waals surface area (Å²) < 4.78 is 16.7. The first-order valence-corrected chi connectivity index (χ1v) is 9.63. The number of nitrogens with one attached hydrogen (secondary N) is 1. The van der Waals surface area contributed by atoms with Crippen molar-refractivity contribution in [3.8, 4) is 5.75 Å². The molecule has 1 saturated heterocycles. The molecular formula is C21H28N2O4. The van der Waals surface area contributed by atoms with Crippen molar-refractivity contribution >= 4 is 5.91 Å². The number of nitrogens with zero attached hydrogens (tertiary/aromatic N) is 1. The molecule has 2 aromatic rings. The van der Waals surface area contributed by atoms with E-state index in [1.165, 1.54) is 5.56 Å². The molecule has 1 aliphatic heterocycles. The van der Waals surface area contributed by atoms with Gasteiger partial charge in [0.2, 0.25) is 0 Å². The summed E-state index contributed by atoms with van der Waals surface area (Å²) in [5, 5.41) is 2.90. The van der Waals surface area contributed by atoms with Gasteiger partial charge in [-0.1, -0.05) is 25.5 Å². The molecule has 27 heavy (non-hydrogen) atoms. The lowest BCUT2D eigenvalue weighted by molar-refractivity contribution is 0.0382. The van der Waals surface area contributed by atoms with Crippen LogP contribution in [0.1, 0.15) is 35.2 Å². The lowest BCUT2D eigenvalue weighted by atomic mass is 10.1. The highest BCUT2D eigenvalue weighted by molar-refractivity contribution is 5.91. The molecule has 146 valence electrons. The highest BCUT2D eigenvalue weighted by Crippen LogP contribution is 2.16. The zero-order chi connectivity index (χ0) is 18.9. The second kappa shape index (κ2) is 10.1. The molecule has 1 aromatic heterocycles. The zero-order valence-corrected chi connectivity index (χ0v) is 15.9. The van der Waals surface area contributed by atoms with E-state index < -0.39 is 0 Å². The van der Waals surface area contributed by atoms with Crippen molar-refractivity contribution in [3.63, 3.8) is 0 Å². The van der Waals surface area contributed by atoms with E-state index >= 15 is 0 Å². The van der Waals surface area contributed by atoms with E-state index in [-0.39, 0.29) is 5.91 Å². The minimum atomic E-state index is -0.196. The normalized spacial score (nSPS) is 14.9. The van der Waals surface area contributed by atoms with E-state index in [2.05, 4.69) is 29.3 Å². The Kier molecular flexibility index (Phi) is 7.30. The summed E-state index contributed by atoms with van der Waals surface area (Å²) in [6.07, 6.45) is 2.20. The number of benzene rings is 1. The van der Waals surface area contributed by atoms with Crippen molar-refractivity contribution < 1.29 is 18.7 Å². The number of morpholine rings is 1. The van der Waals surface area contributed by atoms with Crippen molar-refractivity contribution in [2.24, 2.45) is 0 Å². The van der Waals surface area contributed by atoms with Crippen LogP contribution in [0.2, 0.25) is 0 Å². The number of furan rings is 1. The van der Waals surface area contributed by atoms with Gasteiger partial charge in [-0.3, -0.25) is 9.69 Å². The van der Waals surface area contributed by atoms with Gasteiger partial charge < -0.3 is 19.2 Å². The van der Waals surface area contributed by atoms with Crippen molar-refractivity contribution in [2.75, 3.05) is 39.4 Å². The molecular weight excluding hydrogens is 344 g/mol. The highest BCUT2D eigenvalue weighted by atomic mass is 16.5. The average Bonchev–Trinajstić information content (AvgIpc) is 3.18. The lowest BCUT2D eigenvalue weighted by Crippen LogP contribution is -2.41. The van der Waals surface area contributed by atoms with Crippen molar-refractivity contribution in [1.82, 2.24) is 10.2 Å². The van der Waals surface area contributed by atoms with E-state index in [4.69, 9.17) is 13.9 Å². The summed E-state index contributed by atoms with van der Waals surface area (Å²) in [5.74, 6) is 1.54. The van der Waals surface area contributed by atoms with Crippen LogP contribution < -0.4 is 10.1 Å². The monoisotopic (exact) mass is 372 g/mol. The Morgan fingerprint density at radius 1 is 1.15 bits per heavy atom. The van der Waals surface area contributed by atoms with Crippen LogP contribution in [-0.2, 0) is 17.8 Å². The molecule has 2 heterocycles. The van der Waals surface area contributed by atoms with Crippen LogP contribution >= 0.6 is 0 Å². The van der Waals surface area contributed by atoms with E-state index in [1.54, 1.807) is 12.1 Å². The summed E-state index contributed by atoms with van der Waals surface area (Å²) in [7, 11) is 0. The number of amides is 1. The molecule has 0 radical (unpaired) electrons. The minimum Gasteiger partial charge on any atom is -0.486 e. The maximum atomic E-state index is 12.2. The molecule has 6 nitrogen and oxygen atoms in total. The Bertz CT molecular complexity index is 705. The number of carbonyl (C=O) groups excluding carboxylic acids is 1. The lowest BCUT2D eigenvalue weighted by Gasteiger charge is -2.26. The SMILES string of the molecule is CCCc1ccc(OCc2ccc(C(=O)NCCN3CCOCC3)o2)cc1. The first kappa shape index (κ1) is 19.5. The number of ether oxygens (including phenoxy) is 2. The van der Waals surface area contributed by atoms with Gasteiger partial charge in [0.25, 0.3) is 5.91 Å². The van der Waals surface area contributed by atoms with Crippen LogP contribution in [0.25, 0.3) is 0 Å². The molecule has 0 unspecified atom stereocenters. The Balaban J connectivity index is 1.41. The van der Waals surface area contributed by atoms with Crippen molar-refractivity contribution in [1.29, 1.82) is 0 Å². The van der Waals surface area contributed by atoms with Crippen LogP contribution in [-0.4, -0.2) is 50.2 Å². The Morgan fingerprint density at radius 2 is 1.93 bits per heavy atom. The Labute approximate surface area is 160 Å². The summed E-state index contributed by atoms with van der Waals surface area (Å²) in [4.78, 5) is 14.5. The summed E-state index contributed by atoms with van der Waals surface area (Å²) in [6.45, 7) is 7.23. The van der Waals surface area contributed by atoms with Crippen LogP contribution in [0.5, 0.6) is 5.75 Å². The minimum absolute atomic E-state index is 0.196. The fraction of sp³-hybridized carbons (Fsp3) is 0.476. The van der Waals surface area contributed by atoms with Gasteiger partial charge >= 0.3 is 0 Å². The van der Waals surface area contributed by atoms with Crippen LogP contribution in [0.15, 0.2) is 40.8 Å². The number of carbonyl (C=O) groups is 1. The second-order valence-corrected chi connectivity index (χ2v) is 6.66. The van der Waals surface area contributed by atoms with Crippen molar-refractivity contribution in [3.05, 3.63) is 53.5 Å². The van der Waals surface area contributed by atoms with Gasteiger partial charge in [0.1, 0.15) is 18.1 Å².